The zero-order valence-corrected chi connectivity index (χ0v) is 13.4. The first kappa shape index (κ1) is 14.5. The minimum Gasteiger partial charge on any atom is -0.392 e. The zero-order valence-electron chi connectivity index (χ0n) is 13.4. The number of rotatable bonds is 2. The van der Waals surface area contributed by atoms with E-state index < -0.39 is 0 Å². The maximum Gasteiger partial charge on any atom is 0.266 e. The standard InChI is InChI=1S/C16H26N4O2/c1-19-9-6-13(21)16(10-19)7-3-8-20(11-16)15-17-14(22-18-15)12-4-2-5-12/h12-13,21H,2-11H2,1H3/t13-,16-/m0/s1. The summed E-state index contributed by atoms with van der Waals surface area (Å²) in [5.74, 6) is 2.01. The van der Waals surface area contributed by atoms with Gasteiger partial charge in [0.05, 0.1) is 6.10 Å². The smallest absolute Gasteiger partial charge is 0.266 e. The van der Waals surface area contributed by atoms with Crippen molar-refractivity contribution >= 4 is 5.95 Å². The van der Waals surface area contributed by atoms with E-state index in [9.17, 15) is 5.11 Å². The fraction of sp³-hybridized carbons (Fsp3) is 0.875. The third kappa shape index (κ3) is 2.42. The van der Waals surface area contributed by atoms with Crippen LogP contribution in [0.2, 0.25) is 0 Å². The average Bonchev–Trinajstić information content (AvgIpc) is 2.91. The molecule has 3 fully saturated rings. The van der Waals surface area contributed by atoms with E-state index in [1.165, 1.54) is 19.3 Å². The Kier molecular flexibility index (Phi) is 3.61. The first-order valence-electron chi connectivity index (χ1n) is 8.61. The number of aliphatic hydroxyl groups is 1. The van der Waals surface area contributed by atoms with E-state index in [4.69, 9.17) is 4.52 Å². The normalized spacial score (nSPS) is 34.1. The third-order valence-electron chi connectivity index (χ3n) is 5.85. The van der Waals surface area contributed by atoms with Gasteiger partial charge >= 0.3 is 0 Å². The summed E-state index contributed by atoms with van der Waals surface area (Å²) in [6.45, 7) is 3.74. The van der Waals surface area contributed by atoms with E-state index in [1.54, 1.807) is 0 Å². The van der Waals surface area contributed by atoms with Crippen LogP contribution in [-0.2, 0) is 0 Å². The second-order valence-corrected chi connectivity index (χ2v) is 7.49. The maximum absolute atomic E-state index is 10.6. The van der Waals surface area contributed by atoms with Crippen LogP contribution < -0.4 is 4.90 Å². The molecule has 1 N–H and O–H groups in total. The Balaban J connectivity index is 1.51. The van der Waals surface area contributed by atoms with E-state index >= 15 is 0 Å². The molecular weight excluding hydrogens is 280 g/mol. The molecule has 3 aliphatic rings. The molecule has 1 saturated carbocycles. The number of hydrogen-bond acceptors (Lipinski definition) is 6. The molecule has 1 aliphatic carbocycles. The number of nitrogens with zero attached hydrogens (tertiary/aromatic N) is 4. The van der Waals surface area contributed by atoms with Crippen molar-refractivity contribution in [2.45, 2.75) is 50.5 Å². The van der Waals surface area contributed by atoms with Gasteiger partial charge in [0.15, 0.2) is 0 Å². The van der Waals surface area contributed by atoms with Gasteiger partial charge in [0.2, 0.25) is 5.89 Å². The van der Waals surface area contributed by atoms with Crippen molar-refractivity contribution < 1.29 is 9.63 Å². The highest BCUT2D eigenvalue weighted by molar-refractivity contribution is 5.31. The topological polar surface area (TPSA) is 65.6 Å². The van der Waals surface area contributed by atoms with Gasteiger partial charge in [-0.3, -0.25) is 0 Å². The summed E-state index contributed by atoms with van der Waals surface area (Å²) in [5.41, 5.74) is -0.0392. The summed E-state index contributed by atoms with van der Waals surface area (Å²) in [5, 5.41) is 14.8. The molecule has 2 saturated heterocycles. The molecule has 4 rings (SSSR count). The molecule has 3 heterocycles. The summed E-state index contributed by atoms with van der Waals surface area (Å²) in [7, 11) is 2.15. The van der Waals surface area contributed by atoms with Crippen molar-refractivity contribution in [2.75, 3.05) is 38.1 Å². The van der Waals surface area contributed by atoms with Gasteiger partial charge in [0.25, 0.3) is 5.95 Å². The van der Waals surface area contributed by atoms with Crippen molar-refractivity contribution in [1.29, 1.82) is 0 Å². The van der Waals surface area contributed by atoms with Crippen LogP contribution in [0, 0.1) is 5.41 Å². The summed E-state index contributed by atoms with van der Waals surface area (Å²) >= 11 is 0. The van der Waals surface area contributed by atoms with Crippen molar-refractivity contribution in [2.24, 2.45) is 5.41 Å². The lowest BCUT2D eigenvalue weighted by Crippen LogP contribution is -2.58. The Hall–Kier alpha value is -1.14. The Morgan fingerprint density at radius 3 is 2.82 bits per heavy atom. The molecule has 1 spiro atoms. The predicted octanol–water partition coefficient (Wildman–Crippen LogP) is 1.62. The fourth-order valence-electron chi connectivity index (χ4n) is 4.28. The zero-order chi connectivity index (χ0) is 15.2. The lowest BCUT2D eigenvalue weighted by Gasteiger charge is -2.50. The van der Waals surface area contributed by atoms with Crippen LogP contribution in [0.15, 0.2) is 4.52 Å². The minimum atomic E-state index is -0.218. The number of aromatic nitrogens is 2. The second kappa shape index (κ2) is 5.49. The van der Waals surface area contributed by atoms with Gasteiger partial charge in [-0.05, 0) is 44.3 Å². The second-order valence-electron chi connectivity index (χ2n) is 7.49. The summed E-state index contributed by atoms with van der Waals surface area (Å²) in [6, 6.07) is 0. The van der Waals surface area contributed by atoms with E-state index in [0.29, 0.717) is 5.92 Å². The minimum absolute atomic E-state index is 0.0392. The Labute approximate surface area is 131 Å². The van der Waals surface area contributed by atoms with Crippen molar-refractivity contribution in [3.63, 3.8) is 0 Å². The predicted molar refractivity (Wildman–Crippen MR) is 82.9 cm³/mol. The number of aliphatic hydroxyl groups excluding tert-OH is 1. The van der Waals surface area contributed by atoms with E-state index in [0.717, 1.165) is 57.3 Å². The molecule has 22 heavy (non-hydrogen) atoms. The van der Waals surface area contributed by atoms with Crippen LogP contribution in [0.3, 0.4) is 0 Å². The van der Waals surface area contributed by atoms with Gasteiger partial charge in [0.1, 0.15) is 0 Å². The average molecular weight is 306 g/mol. The molecule has 2 atom stereocenters. The monoisotopic (exact) mass is 306 g/mol. The third-order valence-corrected chi connectivity index (χ3v) is 5.85. The highest BCUT2D eigenvalue weighted by Gasteiger charge is 2.45. The number of likely N-dealkylation sites (tertiary alicyclic amines) is 1. The first-order valence-corrected chi connectivity index (χ1v) is 8.61. The summed E-state index contributed by atoms with van der Waals surface area (Å²) in [6.07, 6.45) is 6.44. The van der Waals surface area contributed by atoms with Crippen molar-refractivity contribution in [3.05, 3.63) is 5.89 Å². The lowest BCUT2D eigenvalue weighted by molar-refractivity contribution is -0.0468. The number of piperidine rings is 2. The van der Waals surface area contributed by atoms with Crippen LogP contribution in [0.25, 0.3) is 0 Å². The molecule has 1 aromatic rings. The molecule has 6 nitrogen and oxygen atoms in total. The van der Waals surface area contributed by atoms with Gasteiger partial charge in [0, 0.05) is 37.5 Å². The number of anilines is 1. The Morgan fingerprint density at radius 2 is 2.05 bits per heavy atom. The summed E-state index contributed by atoms with van der Waals surface area (Å²) in [4.78, 5) is 9.19. The molecule has 2 aliphatic heterocycles. The van der Waals surface area contributed by atoms with E-state index in [2.05, 4.69) is 27.0 Å². The van der Waals surface area contributed by atoms with Crippen molar-refractivity contribution in [3.8, 4) is 0 Å². The SMILES string of the molecule is CN1CC[C@H](O)[C@@]2(CCCN(c3noc(C4CCC4)n3)C2)C1. The van der Waals surface area contributed by atoms with Crippen LogP contribution in [0.5, 0.6) is 0 Å². The van der Waals surface area contributed by atoms with Crippen LogP contribution in [-0.4, -0.2) is 59.5 Å². The molecule has 122 valence electrons. The fourth-order valence-corrected chi connectivity index (χ4v) is 4.28. The van der Waals surface area contributed by atoms with Crippen molar-refractivity contribution in [1.82, 2.24) is 15.0 Å². The van der Waals surface area contributed by atoms with Gasteiger partial charge in [-0.2, -0.15) is 4.98 Å². The van der Waals surface area contributed by atoms with Gasteiger partial charge in [-0.1, -0.05) is 6.42 Å². The molecule has 6 heteroatoms. The highest BCUT2D eigenvalue weighted by atomic mass is 16.5. The largest absolute Gasteiger partial charge is 0.392 e. The molecule has 0 aromatic carbocycles. The molecule has 0 unspecified atom stereocenters. The molecule has 1 aromatic heterocycles. The van der Waals surface area contributed by atoms with E-state index in [1.807, 2.05) is 0 Å². The van der Waals surface area contributed by atoms with Crippen LogP contribution in [0.4, 0.5) is 5.95 Å². The Bertz CT molecular complexity index is 530. The number of hydrogen-bond donors (Lipinski definition) is 1. The summed E-state index contributed by atoms with van der Waals surface area (Å²) < 4.78 is 5.47. The van der Waals surface area contributed by atoms with Gasteiger partial charge in [-0.25, -0.2) is 0 Å². The highest BCUT2D eigenvalue weighted by Crippen LogP contribution is 2.40. The molecule has 0 radical (unpaired) electrons. The van der Waals surface area contributed by atoms with Crippen LogP contribution in [0.1, 0.15) is 50.3 Å². The molecule has 0 amide bonds. The molecule has 0 bridgehead atoms. The maximum atomic E-state index is 10.6. The Morgan fingerprint density at radius 1 is 1.18 bits per heavy atom. The lowest BCUT2D eigenvalue weighted by atomic mass is 9.72. The van der Waals surface area contributed by atoms with Gasteiger partial charge < -0.3 is 19.4 Å². The van der Waals surface area contributed by atoms with Gasteiger partial charge in [-0.15, -0.1) is 0 Å². The molecular formula is C16H26N4O2. The first-order chi connectivity index (χ1) is 10.7. The quantitative estimate of drug-likeness (QED) is 0.896. The van der Waals surface area contributed by atoms with Crippen LogP contribution >= 0.6 is 0 Å². The van der Waals surface area contributed by atoms with E-state index in [-0.39, 0.29) is 11.5 Å².